The summed E-state index contributed by atoms with van der Waals surface area (Å²) in [5.74, 6) is -0.116. The smallest absolute Gasteiger partial charge is 0.239 e. The Labute approximate surface area is 140 Å². The van der Waals surface area contributed by atoms with Crippen LogP contribution in [-0.4, -0.2) is 29.6 Å². The van der Waals surface area contributed by atoms with Crippen molar-refractivity contribution in [1.82, 2.24) is 15.8 Å². The lowest BCUT2D eigenvalue weighted by Crippen LogP contribution is -2.47. The Morgan fingerprint density at radius 2 is 1.92 bits per heavy atom. The van der Waals surface area contributed by atoms with Gasteiger partial charge in [0.2, 0.25) is 11.8 Å². The van der Waals surface area contributed by atoms with E-state index in [0.717, 1.165) is 5.56 Å². The van der Waals surface area contributed by atoms with Gasteiger partial charge in [-0.25, -0.2) is 0 Å². The quantitative estimate of drug-likeness (QED) is 0.703. The van der Waals surface area contributed by atoms with E-state index in [1.54, 1.807) is 6.07 Å². The van der Waals surface area contributed by atoms with E-state index in [9.17, 15) is 9.59 Å². The molecular formula is C17H22N4O3. The summed E-state index contributed by atoms with van der Waals surface area (Å²) >= 11 is 0. The fourth-order valence-corrected chi connectivity index (χ4v) is 1.98. The van der Waals surface area contributed by atoms with Crippen molar-refractivity contribution in [3.63, 3.8) is 0 Å². The van der Waals surface area contributed by atoms with Crippen LogP contribution in [-0.2, 0) is 16.1 Å². The molecule has 0 unspecified atom stereocenters. The van der Waals surface area contributed by atoms with Crippen LogP contribution < -0.4 is 16.4 Å². The molecule has 2 rings (SSSR count). The largest absolute Gasteiger partial charge is 0.359 e. The fraction of sp³-hybridized carbons (Fsp3) is 0.353. The van der Waals surface area contributed by atoms with Gasteiger partial charge in [0.1, 0.15) is 5.69 Å². The average Bonchev–Trinajstić information content (AvgIpc) is 3.06. The number of nitrogens with two attached hydrogens (primary N) is 1. The summed E-state index contributed by atoms with van der Waals surface area (Å²) in [6.45, 7) is 3.76. The number of carbonyl (C=O) groups is 2. The van der Waals surface area contributed by atoms with Crippen molar-refractivity contribution in [2.75, 3.05) is 6.54 Å². The monoisotopic (exact) mass is 330 g/mol. The molecule has 1 aromatic carbocycles. The topological polar surface area (TPSA) is 110 Å². The molecule has 24 heavy (non-hydrogen) atoms. The molecule has 0 bridgehead atoms. The van der Waals surface area contributed by atoms with E-state index in [1.165, 1.54) is 0 Å². The molecule has 2 aromatic rings. The summed E-state index contributed by atoms with van der Waals surface area (Å²) in [6.07, 6.45) is 0. The number of nitrogens with zero attached hydrogens (tertiary/aromatic N) is 1. The van der Waals surface area contributed by atoms with Gasteiger partial charge in [0.25, 0.3) is 0 Å². The van der Waals surface area contributed by atoms with Gasteiger partial charge in [-0.2, -0.15) is 0 Å². The number of carbonyl (C=O) groups excluding carboxylic acids is 2. The summed E-state index contributed by atoms with van der Waals surface area (Å²) in [5, 5.41) is 9.14. The first kappa shape index (κ1) is 17.7. The maximum Gasteiger partial charge on any atom is 0.239 e. The van der Waals surface area contributed by atoms with E-state index in [4.69, 9.17) is 10.3 Å². The average molecular weight is 330 g/mol. The van der Waals surface area contributed by atoms with E-state index >= 15 is 0 Å². The van der Waals surface area contributed by atoms with Crippen molar-refractivity contribution in [3.8, 4) is 11.3 Å². The van der Waals surface area contributed by atoms with Crippen LogP contribution in [0.15, 0.2) is 40.9 Å². The predicted octanol–water partition coefficient (Wildman–Crippen LogP) is 1.06. The molecule has 1 atom stereocenters. The normalized spacial score (nSPS) is 12.0. The van der Waals surface area contributed by atoms with Gasteiger partial charge in [0.05, 0.1) is 19.1 Å². The molecule has 2 amide bonds. The zero-order valence-corrected chi connectivity index (χ0v) is 13.8. The molecule has 0 radical (unpaired) electrons. The van der Waals surface area contributed by atoms with Crippen LogP contribution in [0.1, 0.15) is 19.6 Å². The number of amides is 2. The van der Waals surface area contributed by atoms with E-state index in [2.05, 4.69) is 15.8 Å². The van der Waals surface area contributed by atoms with E-state index < -0.39 is 6.04 Å². The zero-order chi connectivity index (χ0) is 17.5. The van der Waals surface area contributed by atoms with Crippen molar-refractivity contribution in [2.24, 2.45) is 11.7 Å². The van der Waals surface area contributed by atoms with Crippen molar-refractivity contribution in [2.45, 2.75) is 26.4 Å². The fourth-order valence-electron chi connectivity index (χ4n) is 1.98. The number of nitrogens with one attached hydrogen (secondary N) is 2. The van der Waals surface area contributed by atoms with Crippen molar-refractivity contribution >= 4 is 11.8 Å². The molecule has 7 heteroatoms. The van der Waals surface area contributed by atoms with Gasteiger partial charge in [-0.05, 0) is 5.92 Å². The van der Waals surface area contributed by atoms with Crippen LogP contribution in [0.3, 0.4) is 0 Å². The highest BCUT2D eigenvalue weighted by Crippen LogP contribution is 2.18. The summed E-state index contributed by atoms with van der Waals surface area (Å²) in [5.41, 5.74) is 7.35. The first-order chi connectivity index (χ1) is 11.5. The van der Waals surface area contributed by atoms with Crippen molar-refractivity contribution in [3.05, 3.63) is 42.2 Å². The second-order valence-electron chi connectivity index (χ2n) is 5.81. The number of hydrogen-bond acceptors (Lipinski definition) is 5. The minimum Gasteiger partial charge on any atom is -0.359 e. The molecule has 1 aromatic heterocycles. The predicted molar refractivity (Wildman–Crippen MR) is 89.6 cm³/mol. The highest BCUT2D eigenvalue weighted by atomic mass is 16.5. The molecular weight excluding hydrogens is 308 g/mol. The lowest BCUT2D eigenvalue weighted by molar-refractivity contribution is -0.127. The minimum atomic E-state index is -0.625. The minimum absolute atomic E-state index is 0.0126. The van der Waals surface area contributed by atoms with Crippen LogP contribution in [0.25, 0.3) is 11.3 Å². The van der Waals surface area contributed by atoms with Gasteiger partial charge in [-0.3, -0.25) is 9.59 Å². The number of rotatable bonds is 7. The van der Waals surface area contributed by atoms with Gasteiger partial charge in [-0.15, -0.1) is 0 Å². The van der Waals surface area contributed by atoms with Crippen LogP contribution >= 0.6 is 0 Å². The Balaban J connectivity index is 1.78. The van der Waals surface area contributed by atoms with Gasteiger partial charge >= 0.3 is 0 Å². The van der Waals surface area contributed by atoms with Crippen molar-refractivity contribution in [1.29, 1.82) is 0 Å². The SMILES string of the molecule is CC(C)[C@H](N)C(=O)NCC(=O)NCc1cc(-c2ccccc2)no1. The zero-order valence-electron chi connectivity index (χ0n) is 13.8. The molecule has 0 aliphatic carbocycles. The van der Waals surface area contributed by atoms with Crippen LogP contribution in [0, 0.1) is 5.92 Å². The summed E-state index contributed by atoms with van der Waals surface area (Å²) in [7, 11) is 0. The van der Waals surface area contributed by atoms with Gasteiger partial charge in [0.15, 0.2) is 5.76 Å². The Bertz CT molecular complexity index is 682. The van der Waals surface area contributed by atoms with Gasteiger partial charge in [-0.1, -0.05) is 49.3 Å². The van der Waals surface area contributed by atoms with E-state index in [-0.39, 0.29) is 30.8 Å². The molecule has 0 aliphatic rings. The number of hydrogen-bond donors (Lipinski definition) is 3. The van der Waals surface area contributed by atoms with Crippen molar-refractivity contribution < 1.29 is 14.1 Å². The Morgan fingerprint density at radius 3 is 2.58 bits per heavy atom. The summed E-state index contributed by atoms with van der Waals surface area (Å²) in [4.78, 5) is 23.4. The second kappa shape index (κ2) is 8.26. The molecule has 0 fully saturated rings. The lowest BCUT2D eigenvalue weighted by Gasteiger charge is -2.14. The van der Waals surface area contributed by atoms with Crippen LogP contribution in [0.4, 0.5) is 0 Å². The second-order valence-corrected chi connectivity index (χ2v) is 5.81. The molecule has 0 aliphatic heterocycles. The first-order valence-corrected chi connectivity index (χ1v) is 7.78. The third-order valence-corrected chi connectivity index (χ3v) is 3.53. The Kier molecular flexibility index (Phi) is 6.08. The van der Waals surface area contributed by atoms with Gasteiger partial charge in [0, 0.05) is 11.6 Å². The molecule has 1 heterocycles. The maximum absolute atomic E-state index is 11.8. The molecule has 0 saturated heterocycles. The Morgan fingerprint density at radius 1 is 1.21 bits per heavy atom. The highest BCUT2D eigenvalue weighted by molar-refractivity contribution is 5.87. The molecule has 4 N–H and O–H groups in total. The number of benzene rings is 1. The van der Waals surface area contributed by atoms with Gasteiger partial charge < -0.3 is 20.9 Å². The highest BCUT2D eigenvalue weighted by Gasteiger charge is 2.17. The number of aromatic nitrogens is 1. The molecule has 7 nitrogen and oxygen atoms in total. The maximum atomic E-state index is 11.8. The first-order valence-electron chi connectivity index (χ1n) is 7.78. The van der Waals surface area contributed by atoms with Crippen LogP contribution in [0.2, 0.25) is 0 Å². The summed E-state index contributed by atoms with van der Waals surface area (Å²) in [6, 6.07) is 10.7. The lowest BCUT2D eigenvalue weighted by atomic mass is 10.1. The molecule has 128 valence electrons. The van der Waals surface area contributed by atoms with E-state index in [0.29, 0.717) is 11.5 Å². The standard InChI is InChI=1S/C17H22N4O3/c1-11(2)16(18)17(23)20-10-15(22)19-9-13-8-14(21-24-13)12-6-4-3-5-7-12/h3-8,11,16H,9-10,18H2,1-2H3,(H,19,22)(H,20,23)/t16-/m0/s1. The molecule has 0 saturated carbocycles. The third kappa shape index (κ3) is 4.92. The third-order valence-electron chi connectivity index (χ3n) is 3.53. The molecule has 0 spiro atoms. The van der Waals surface area contributed by atoms with E-state index in [1.807, 2.05) is 44.2 Å². The van der Waals surface area contributed by atoms with Crippen LogP contribution in [0.5, 0.6) is 0 Å². The summed E-state index contributed by atoms with van der Waals surface area (Å²) < 4.78 is 5.19. The Hall–Kier alpha value is -2.67.